The van der Waals surface area contributed by atoms with Crippen molar-refractivity contribution in [1.29, 1.82) is 0 Å². The second-order valence-electron chi connectivity index (χ2n) is 4.52. The smallest absolute Gasteiger partial charge is 0.265 e. The molecular formula is C17H19NO3. The lowest BCUT2D eigenvalue weighted by Gasteiger charge is -2.18. The van der Waals surface area contributed by atoms with E-state index in [1.807, 2.05) is 49.4 Å². The number of hydrogen-bond donors (Lipinski definition) is 1. The lowest BCUT2D eigenvalue weighted by atomic mass is 10.2. The summed E-state index contributed by atoms with van der Waals surface area (Å²) in [5, 5.41) is 2.85. The summed E-state index contributed by atoms with van der Waals surface area (Å²) in [6.07, 6.45) is -0.00186. The van der Waals surface area contributed by atoms with E-state index in [-0.39, 0.29) is 5.91 Å². The van der Waals surface area contributed by atoms with Crippen molar-refractivity contribution in [1.82, 2.24) is 0 Å². The Kier molecular flexibility index (Phi) is 5.21. The van der Waals surface area contributed by atoms with Crippen molar-refractivity contribution in [3.05, 3.63) is 54.6 Å². The molecule has 21 heavy (non-hydrogen) atoms. The van der Waals surface area contributed by atoms with E-state index in [9.17, 15) is 4.79 Å². The van der Waals surface area contributed by atoms with Gasteiger partial charge < -0.3 is 14.8 Å². The zero-order valence-corrected chi connectivity index (χ0v) is 12.2. The first-order valence-corrected chi connectivity index (χ1v) is 6.90. The van der Waals surface area contributed by atoms with Gasteiger partial charge in [0, 0.05) is 5.69 Å². The third-order valence-electron chi connectivity index (χ3n) is 3.04. The Morgan fingerprint density at radius 3 is 2.29 bits per heavy atom. The van der Waals surface area contributed by atoms with Gasteiger partial charge in [0.15, 0.2) is 17.6 Å². The van der Waals surface area contributed by atoms with Crippen LogP contribution in [0.15, 0.2) is 54.6 Å². The second-order valence-corrected chi connectivity index (χ2v) is 4.52. The molecule has 2 rings (SSSR count). The lowest BCUT2D eigenvalue weighted by Crippen LogP contribution is -2.32. The Bertz CT molecular complexity index is 584. The van der Waals surface area contributed by atoms with Crippen molar-refractivity contribution in [3.63, 3.8) is 0 Å². The van der Waals surface area contributed by atoms with Gasteiger partial charge in [0.1, 0.15) is 0 Å². The number of anilines is 1. The number of carbonyl (C=O) groups excluding carboxylic acids is 1. The van der Waals surface area contributed by atoms with E-state index in [1.54, 1.807) is 19.2 Å². The van der Waals surface area contributed by atoms with Crippen molar-refractivity contribution in [2.45, 2.75) is 19.4 Å². The molecular weight excluding hydrogens is 266 g/mol. The van der Waals surface area contributed by atoms with Gasteiger partial charge in [-0.15, -0.1) is 0 Å². The number of para-hydroxylation sites is 3. The third-order valence-corrected chi connectivity index (χ3v) is 3.04. The van der Waals surface area contributed by atoms with Gasteiger partial charge in [0.25, 0.3) is 5.91 Å². The van der Waals surface area contributed by atoms with Crippen molar-refractivity contribution < 1.29 is 14.3 Å². The SMILES string of the molecule is CC[C@@H](Oc1ccccc1OC)C(=O)Nc1ccccc1. The molecule has 0 spiro atoms. The summed E-state index contributed by atoms with van der Waals surface area (Å²) >= 11 is 0. The van der Waals surface area contributed by atoms with Gasteiger partial charge >= 0.3 is 0 Å². The Labute approximate surface area is 124 Å². The average molecular weight is 285 g/mol. The van der Waals surface area contributed by atoms with Gasteiger partial charge in [-0.3, -0.25) is 4.79 Å². The van der Waals surface area contributed by atoms with Crippen LogP contribution < -0.4 is 14.8 Å². The first-order chi connectivity index (χ1) is 10.2. The minimum Gasteiger partial charge on any atom is -0.493 e. The maximum Gasteiger partial charge on any atom is 0.265 e. The van der Waals surface area contributed by atoms with Gasteiger partial charge in [-0.05, 0) is 30.7 Å². The molecule has 2 aromatic rings. The molecule has 1 atom stereocenters. The summed E-state index contributed by atoms with van der Waals surface area (Å²) in [5.74, 6) is 1.01. The van der Waals surface area contributed by atoms with Crippen LogP contribution in [0.5, 0.6) is 11.5 Å². The molecule has 0 saturated heterocycles. The number of hydrogen-bond acceptors (Lipinski definition) is 3. The first-order valence-electron chi connectivity index (χ1n) is 6.90. The van der Waals surface area contributed by atoms with Crippen LogP contribution in [-0.2, 0) is 4.79 Å². The summed E-state index contributed by atoms with van der Waals surface area (Å²) in [7, 11) is 1.58. The molecule has 0 radical (unpaired) electrons. The fourth-order valence-corrected chi connectivity index (χ4v) is 1.94. The maximum absolute atomic E-state index is 12.3. The molecule has 110 valence electrons. The molecule has 4 nitrogen and oxygen atoms in total. The fraction of sp³-hybridized carbons (Fsp3) is 0.235. The molecule has 1 N–H and O–H groups in total. The standard InChI is InChI=1S/C17H19NO3/c1-3-14(17(19)18-13-9-5-4-6-10-13)21-16-12-8-7-11-15(16)20-2/h4-12,14H,3H2,1-2H3,(H,18,19)/t14-/m1/s1. The van der Waals surface area contributed by atoms with Crippen molar-refractivity contribution >= 4 is 11.6 Å². The van der Waals surface area contributed by atoms with Gasteiger partial charge in [-0.25, -0.2) is 0 Å². The van der Waals surface area contributed by atoms with Crippen molar-refractivity contribution in [2.75, 3.05) is 12.4 Å². The zero-order valence-electron chi connectivity index (χ0n) is 12.2. The van der Waals surface area contributed by atoms with Gasteiger partial charge in [0.2, 0.25) is 0 Å². The Hall–Kier alpha value is -2.49. The highest BCUT2D eigenvalue weighted by atomic mass is 16.5. The number of ether oxygens (including phenoxy) is 2. The average Bonchev–Trinajstić information content (AvgIpc) is 2.53. The summed E-state index contributed by atoms with van der Waals surface area (Å²) in [6, 6.07) is 16.6. The van der Waals surface area contributed by atoms with Crippen molar-refractivity contribution in [3.8, 4) is 11.5 Å². The monoisotopic (exact) mass is 285 g/mol. The van der Waals surface area contributed by atoms with Gasteiger partial charge in [-0.2, -0.15) is 0 Å². The largest absolute Gasteiger partial charge is 0.493 e. The second kappa shape index (κ2) is 7.33. The van der Waals surface area contributed by atoms with Gasteiger partial charge in [0.05, 0.1) is 7.11 Å². The highest BCUT2D eigenvalue weighted by Gasteiger charge is 2.19. The highest BCUT2D eigenvalue weighted by molar-refractivity contribution is 5.94. The normalized spacial score (nSPS) is 11.5. The Morgan fingerprint density at radius 2 is 1.67 bits per heavy atom. The summed E-state index contributed by atoms with van der Waals surface area (Å²) in [4.78, 5) is 12.3. The predicted molar refractivity (Wildman–Crippen MR) is 82.8 cm³/mol. The van der Waals surface area contributed by atoms with Crippen LogP contribution in [0.25, 0.3) is 0 Å². The first kappa shape index (κ1) is 14.9. The van der Waals surface area contributed by atoms with Crippen LogP contribution in [0.4, 0.5) is 5.69 Å². The van der Waals surface area contributed by atoms with E-state index in [1.165, 1.54) is 0 Å². The van der Waals surface area contributed by atoms with E-state index < -0.39 is 6.10 Å². The summed E-state index contributed by atoms with van der Waals surface area (Å²) in [5.41, 5.74) is 0.754. The van der Waals surface area contributed by atoms with Crippen LogP contribution in [0, 0.1) is 0 Å². The molecule has 0 fully saturated rings. The van der Waals surface area contributed by atoms with E-state index in [0.717, 1.165) is 5.69 Å². The molecule has 2 aromatic carbocycles. The summed E-state index contributed by atoms with van der Waals surface area (Å²) < 4.78 is 11.0. The number of rotatable bonds is 6. The maximum atomic E-state index is 12.3. The minimum atomic E-state index is -0.568. The minimum absolute atomic E-state index is 0.172. The highest BCUT2D eigenvalue weighted by Crippen LogP contribution is 2.27. The molecule has 0 saturated carbocycles. The Balaban J connectivity index is 2.07. The molecule has 0 aliphatic rings. The van der Waals surface area contributed by atoms with E-state index in [0.29, 0.717) is 17.9 Å². The summed E-state index contributed by atoms with van der Waals surface area (Å²) in [6.45, 7) is 1.91. The Morgan fingerprint density at radius 1 is 1.05 bits per heavy atom. The number of methoxy groups -OCH3 is 1. The number of amides is 1. The van der Waals surface area contributed by atoms with E-state index in [4.69, 9.17) is 9.47 Å². The number of nitrogens with one attached hydrogen (secondary N) is 1. The molecule has 0 bridgehead atoms. The molecule has 0 aromatic heterocycles. The van der Waals surface area contributed by atoms with Crippen LogP contribution >= 0.6 is 0 Å². The molecule has 0 aliphatic carbocycles. The quantitative estimate of drug-likeness (QED) is 0.883. The lowest BCUT2D eigenvalue weighted by molar-refractivity contribution is -0.122. The number of carbonyl (C=O) groups is 1. The van der Waals surface area contributed by atoms with Crippen LogP contribution in [0.2, 0.25) is 0 Å². The van der Waals surface area contributed by atoms with Gasteiger partial charge in [-0.1, -0.05) is 37.3 Å². The molecule has 1 amide bonds. The van der Waals surface area contributed by atoms with Crippen molar-refractivity contribution in [2.24, 2.45) is 0 Å². The van der Waals surface area contributed by atoms with E-state index >= 15 is 0 Å². The molecule has 4 heteroatoms. The molecule has 0 unspecified atom stereocenters. The molecule has 0 heterocycles. The van der Waals surface area contributed by atoms with Crippen LogP contribution in [0.1, 0.15) is 13.3 Å². The fourth-order valence-electron chi connectivity index (χ4n) is 1.94. The molecule has 0 aliphatic heterocycles. The van der Waals surface area contributed by atoms with E-state index in [2.05, 4.69) is 5.32 Å². The third kappa shape index (κ3) is 3.99. The topological polar surface area (TPSA) is 47.6 Å². The number of benzene rings is 2. The predicted octanol–water partition coefficient (Wildman–Crippen LogP) is 3.49. The zero-order chi connectivity index (χ0) is 15.1. The van der Waals surface area contributed by atoms with Crippen LogP contribution in [-0.4, -0.2) is 19.1 Å². The van der Waals surface area contributed by atoms with Crippen LogP contribution in [0.3, 0.4) is 0 Å².